The molecule has 6 heteroatoms. The number of piperazine rings is 1. The highest BCUT2D eigenvalue weighted by Gasteiger charge is 2.20. The molecule has 0 bridgehead atoms. The maximum Gasteiger partial charge on any atom is 0.387 e. The Bertz CT molecular complexity index is 477. The number of benzene rings is 1. The summed E-state index contributed by atoms with van der Waals surface area (Å²) in [4.78, 5) is 14.1. The van der Waals surface area contributed by atoms with Crippen LogP contribution in [0.3, 0.4) is 0 Å². The van der Waals surface area contributed by atoms with Crippen LogP contribution in [0.4, 0.5) is 8.78 Å². The van der Waals surface area contributed by atoms with E-state index in [1.54, 1.807) is 30.9 Å². The molecular weight excluding hydrogens is 266 g/mol. The van der Waals surface area contributed by atoms with Crippen LogP contribution in [0.1, 0.15) is 21.5 Å². The van der Waals surface area contributed by atoms with E-state index in [-0.39, 0.29) is 11.7 Å². The molecule has 1 fully saturated rings. The van der Waals surface area contributed by atoms with Gasteiger partial charge in [0.1, 0.15) is 5.75 Å². The molecule has 0 spiro atoms. The summed E-state index contributed by atoms with van der Waals surface area (Å²) in [6.45, 7) is 3.34. The van der Waals surface area contributed by atoms with Crippen molar-refractivity contribution in [2.75, 3.05) is 26.2 Å². The Morgan fingerprint density at radius 2 is 1.80 bits per heavy atom. The molecule has 4 nitrogen and oxygen atoms in total. The Morgan fingerprint density at radius 1 is 1.25 bits per heavy atom. The summed E-state index contributed by atoms with van der Waals surface area (Å²) >= 11 is 0. The Kier molecular flexibility index (Phi) is 4.54. The van der Waals surface area contributed by atoms with Gasteiger partial charge < -0.3 is 15.0 Å². The number of hydrogen-bond donors (Lipinski definition) is 1. The third-order valence-corrected chi connectivity index (χ3v) is 3.32. The molecule has 1 aromatic rings. The maximum atomic E-state index is 12.3. The van der Waals surface area contributed by atoms with E-state index in [1.165, 1.54) is 0 Å². The van der Waals surface area contributed by atoms with Crippen LogP contribution in [0.5, 0.6) is 5.75 Å². The van der Waals surface area contributed by atoms with Gasteiger partial charge in [0.2, 0.25) is 0 Å². The van der Waals surface area contributed by atoms with Crippen molar-refractivity contribution in [3.05, 3.63) is 28.8 Å². The SMILES string of the molecule is Cc1cc(C(=O)N2CCNCC2)cc(C)c1OC(F)F. The molecule has 1 aliphatic rings. The number of carbonyl (C=O) groups excluding carboxylic acids is 1. The summed E-state index contributed by atoms with van der Waals surface area (Å²) < 4.78 is 29.1. The van der Waals surface area contributed by atoms with Crippen LogP contribution >= 0.6 is 0 Å². The lowest BCUT2D eigenvalue weighted by Crippen LogP contribution is -2.46. The third-order valence-electron chi connectivity index (χ3n) is 3.32. The standard InChI is InChI=1S/C14H18F2N2O2/c1-9-7-11(8-10(2)12(9)20-14(15)16)13(19)18-5-3-17-4-6-18/h7-8,14,17H,3-6H2,1-2H3. The molecule has 1 saturated heterocycles. The van der Waals surface area contributed by atoms with Gasteiger partial charge in [-0.1, -0.05) is 0 Å². The predicted molar refractivity (Wildman–Crippen MR) is 71.3 cm³/mol. The summed E-state index contributed by atoms with van der Waals surface area (Å²) in [5, 5.41) is 3.18. The highest BCUT2D eigenvalue weighted by Crippen LogP contribution is 2.27. The molecule has 20 heavy (non-hydrogen) atoms. The number of nitrogens with zero attached hydrogens (tertiary/aromatic N) is 1. The first-order valence-corrected chi connectivity index (χ1v) is 6.55. The quantitative estimate of drug-likeness (QED) is 0.922. The fourth-order valence-electron chi connectivity index (χ4n) is 2.40. The zero-order valence-electron chi connectivity index (χ0n) is 11.6. The molecule has 1 amide bonds. The summed E-state index contributed by atoms with van der Waals surface area (Å²) in [7, 11) is 0. The fourth-order valence-corrected chi connectivity index (χ4v) is 2.40. The van der Waals surface area contributed by atoms with E-state index in [0.29, 0.717) is 29.8 Å². The Morgan fingerprint density at radius 3 is 2.30 bits per heavy atom. The second-order valence-corrected chi connectivity index (χ2v) is 4.86. The smallest absolute Gasteiger partial charge is 0.387 e. The highest BCUT2D eigenvalue weighted by molar-refractivity contribution is 5.95. The average molecular weight is 284 g/mol. The number of ether oxygens (including phenoxy) is 1. The number of alkyl halides is 2. The average Bonchev–Trinajstić information content (AvgIpc) is 2.42. The minimum atomic E-state index is -2.86. The monoisotopic (exact) mass is 284 g/mol. The fraction of sp³-hybridized carbons (Fsp3) is 0.500. The van der Waals surface area contributed by atoms with Crippen LogP contribution < -0.4 is 10.1 Å². The van der Waals surface area contributed by atoms with Crippen molar-refractivity contribution < 1.29 is 18.3 Å². The van der Waals surface area contributed by atoms with E-state index in [0.717, 1.165) is 13.1 Å². The van der Waals surface area contributed by atoms with Gasteiger partial charge in [0.05, 0.1) is 0 Å². The molecule has 110 valence electrons. The van der Waals surface area contributed by atoms with Gasteiger partial charge in [-0.25, -0.2) is 0 Å². The second kappa shape index (κ2) is 6.17. The first kappa shape index (κ1) is 14.7. The topological polar surface area (TPSA) is 41.6 Å². The van der Waals surface area contributed by atoms with Crippen molar-refractivity contribution in [3.63, 3.8) is 0 Å². The molecule has 0 radical (unpaired) electrons. The molecule has 1 aliphatic heterocycles. The van der Waals surface area contributed by atoms with Crippen LogP contribution in [-0.2, 0) is 0 Å². The summed E-state index contributed by atoms with van der Waals surface area (Å²) in [6.07, 6.45) is 0. The van der Waals surface area contributed by atoms with Gasteiger partial charge in [-0.3, -0.25) is 4.79 Å². The van der Waals surface area contributed by atoms with Gasteiger partial charge in [-0.05, 0) is 37.1 Å². The van der Waals surface area contributed by atoms with Gasteiger partial charge >= 0.3 is 6.61 Å². The number of amides is 1. The van der Waals surface area contributed by atoms with Crippen molar-refractivity contribution in [1.82, 2.24) is 10.2 Å². The molecule has 1 heterocycles. The molecule has 0 atom stereocenters. The Labute approximate surface area is 116 Å². The predicted octanol–water partition coefficient (Wildman–Crippen LogP) is 1.95. The van der Waals surface area contributed by atoms with Crippen molar-refractivity contribution in [1.29, 1.82) is 0 Å². The number of aryl methyl sites for hydroxylation is 2. The number of rotatable bonds is 3. The van der Waals surface area contributed by atoms with Gasteiger partial charge in [-0.15, -0.1) is 0 Å². The van der Waals surface area contributed by atoms with E-state index >= 15 is 0 Å². The van der Waals surface area contributed by atoms with Gasteiger partial charge in [0, 0.05) is 31.7 Å². The maximum absolute atomic E-state index is 12.3. The molecule has 0 unspecified atom stereocenters. The first-order valence-electron chi connectivity index (χ1n) is 6.55. The van der Waals surface area contributed by atoms with Gasteiger partial charge in [-0.2, -0.15) is 8.78 Å². The molecule has 0 aliphatic carbocycles. The zero-order valence-corrected chi connectivity index (χ0v) is 11.6. The van der Waals surface area contributed by atoms with Crippen LogP contribution in [-0.4, -0.2) is 43.6 Å². The molecule has 1 aromatic carbocycles. The lowest BCUT2D eigenvalue weighted by Gasteiger charge is -2.27. The second-order valence-electron chi connectivity index (χ2n) is 4.86. The molecule has 2 rings (SSSR count). The van der Waals surface area contributed by atoms with E-state index in [2.05, 4.69) is 10.1 Å². The molecular formula is C14H18F2N2O2. The summed E-state index contributed by atoms with van der Waals surface area (Å²) in [5.74, 6) is 0.0816. The van der Waals surface area contributed by atoms with Crippen molar-refractivity contribution in [2.24, 2.45) is 0 Å². The number of hydrogen-bond acceptors (Lipinski definition) is 3. The van der Waals surface area contributed by atoms with Crippen molar-refractivity contribution >= 4 is 5.91 Å². The lowest BCUT2D eigenvalue weighted by atomic mass is 10.0. The Balaban J connectivity index is 2.22. The van der Waals surface area contributed by atoms with Gasteiger partial charge in [0.25, 0.3) is 5.91 Å². The van der Waals surface area contributed by atoms with Crippen LogP contribution in [0.15, 0.2) is 12.1 Å². The minimum absolute atomic E-state index is 0.0682. The lowest BCUT2D eigenvalue weighted by molar-refractivity contribution is -0.0507. The van der Waals surface area contributed by atoms with Crippen LogP contribution in [0.25, 0.3) is 0 Å². The van der Waals surface area contributed by atoms with E-state index < -0.39 is 6.61 Å². The van der Waals surface area contributed by atoms with E-state index in [9.17, 15) is 13.6 Å². The van der Waals surface area contributed by atoms with E-state index in [1.807, 2.05) is 0 Å². The summed E-state index contributed by atoms with van der Waals surface area (Å²) in [6, 6.07) is 3.21. The molecule has 1 N–H and O–H groups in total. The number of carbonyl (C=O) groups is 1. The van der Waals surface area contributed by atoms with Crippen LogP contribution in [0.2, 0.25) is 0 Å². The Hall–Kier alpha value is -1.69. The zero-order chi connectivity index (χ0) is 14.7. The minimum Gasteiger partial charge on any atom is -0.434 e. The third kappa shape index (κ3) is 3.25. The summed E-state index contributed by atoms with van der Waals surface area (Å²) in [5.41, 5.74) is 1.61. The van der Waals surface area contributed by atoms with Gasteiger partial charge in [0.15, 0.2) is 0 Å². The van der Waals surface area contributed by atoms with Crippen molar-refractivity contribution in [2.45, 2.75) is 20.5 Å². The largest absolute Gasteiger partial charge is 0.434 e. The van der Waals surface area contributed by atoms with Crippen LogP contribution in [0, 0.1) is 13.8 Å². The highest BCUT2D eigenvalue weighted by atomic mass is 19.3. The first-order chi connectivity index (χ1) is 9.49. The normalized spacial score (nSPS) is 15.6. The molecule has 0 aromatic heterocycles. The number of halogens is 2. The number of nitrogens with one attached hydrogen (secondary N) is 1. The van der Waals surface area contributed by atoms with Crippen molar-refractivity contribution in [3.8, 4) is 5.75 Å². The molecule has 0 saturated carbocycles. The van der Waals surface area contributed by atoms with E-state index in [4.69, 9.17) is 0 Å².